The summed E-state index contributed by atoms with van der Waals surface area (Å²) in [6.45, 7) is 6.01. The van der Waals surface area contributed by atoms with Gasteiger partial charge in [-0.3, -0.25) is 9.20 Å². The maximum Gasteiger partial charge on any atom is 0.292 e. The van der Waals surface area contributed by atoms with Crippen molar-refractivity contribution in [2.75, 3.05) is 43.4 Å². The van der Waals surface area contributed by atoms with Crippen molar-refractivity contribution in [3.63, 3.8) is 0 Å². The van der Waals surface area contributed by atoms with E-state index in [9.17, 15) is 4.79 Å². The summed E-state index contributed by atoms with van der Waals surface area (Å²) in [5.41, 5.74) is 3.41. The average molecular weight is 450 g/mol. The fourth-order valence-electron chi connectivity index (χ4n) is 3.98. The first-order chi connectivity index (χ1) is 15.5. The zero-order chi connectivity index (χ0) is 22.2. The Morgan fingerprint density at radius 2 is 1.81 bits per heavy atom. The molecule has 0 radical (unpaired) electrons. The number of aryl methyl sites for hydroxylation is 1. The van der Waals surface area contributed by atoms with Gasteiger partial charge >= 0.3 is 0 Å². The molecule has 1 aromatic carbocycles. The van der Waals surface area contributed by atoms with Crippen LogP contribution < -0.4 is 10.2 Å². The van der Waals surface area contributed by atoms with Crippen LogP contribution in [0.4, 0.5) is 11.5 Å². The molecule has 1 fully saturated rings. The number of fused-ring (bicyclic) bond motifs is 1. The van der Waals surface area contributed by atoms with Crippen LogP contribution in [0.25, 0.3) is 17.0 Å². The van der Waals surface area contributed by atoms with Crippen LogP contribution in [0.3, 0.4) is 0 Å². The van der Waals surface area contributed by atoms with E-state index in [1.807, 2.05) is 37.4 Å². The highest BCUT2D eigenvalue weighted by molar-refractivity contribution is 6.33. The molecule has 0 aliphatic carbocycles. The molecule has 4 aromatic rings. The largest absolute Gasteiger partial charge is 0.451 e. The summed E-state index contributed by atoms with van der Waals surface area (Å²) in [6.07, 6.45) is 1.81. The Morgan fingerprint density at radius 3 is 2.56 bits per heavy atom. The summed E-state index contributed by atoms with van der Waals surface area (Å²) in [7, 11) is 2.15. The summed E-state index contributed by atoms with van der Waals surface area (Å²) in [5.74, 6) is 1.12. The predicted octanol–water partition coefficient (Wildman–Crippen LogP) is 4.56. The molecule has 7 nitrogen and oxygen atoms in total. The third-order valence-electron chi connectivity index (χ3n) is 5.86. The first-order valence-electron chi connectivity index (χ1n) is 10.6. The van der Waals surface area contributed by atoms with E-state index in [0.29, 0.717) is 27.9 Å². The number of nitrogens with zero attached hydrogens (tertiary/aromatic N) is 4. The topological polar surface area (TPSA) is 66.0 Å². The van der Waals surface area contributed by atoms with Gasteiger partial charge in [-0.05, 0) is 62.5 Å². The third-order valence-corrected chi connectivity index (χ3v) is 6.15. The molecule has 1 amide bonds. The quantitative estimate of drug-likeness (QED) is 0.494. The van der Waals surface area contributed by atoms with Crippen molar-refractivity contribution in [1.82, 2.24) is 14.3 Å². The van der Waals surface area contributed by atoms with E-state index < -0.39 is 0 Å². The van der Waals surface area contributed by atoms with Gasteiger partial charge in [0.25, 0.3) is 5.91 Å². The molecule has 3 aromatic heterocycles. The molecule has 5 rings (SSSR count). The molecule has 1 aliphatic rings. The molecule has 32 heavy (non-hydrogen) atoms. The van der Waals surface area contributed by atoms with Crippen LogP contribution >= 0.6 is 11.6 Å². The lowest BCUT2D eigenvalue weighted by Gasteiger charge is -2.34. The van der Waals surface area contributed by atoms with Crippen LogP contribution in [0, 0.1) is 6.92 Å². The van der Waals surface area contributed by atoms with E-state index >= 15 is 0 Å². The van der Waals surface area contributed by atoms with E-state index in [1.165, 1.54) is 5.69 Å². The number of nitrogens with one attached hydrogen (secondary N) is 1. The summed E-state index contributed by atoms with van der Waals surface area (Å²) in [6, 6.07) is 15.4. The van der Waals surface area contributed by atoms with Crippen LogP contribution in [0.1, 0.15) is 16.2 Å². The van der Waals surface area contributed by atoms with Gasteiger partial charge in [0.05, 0.1) is 10.7 Å². The summed E-state index contributed by atoms with van der Waals surface area (Å²) < 4.78 is 7.63. The molecular weight excluding hydrogens is 426 g/mol. The number of imidazole rings is 1. The number of anilines is 2. The number of hydrogen-bond donors (Lipinski definition) is 1. The monoisotopic (exact) mass is 449 g/mol. The lowest BCUT2D eigenvalue weighted by atomic mass is 10.1. The second-order valence-corrected chi connectivity index (χ2v) is 8.46. The van der Waals surface area contributed by atoms with Crippen molar-refractivity contribution < 1.29 is 9.21 Å². The Bertz CT molecular complexity index is 1270. The number of carbonyl (C=O) groups excluding carboxylic acids is 1. The number of piperazine rings is 1. The van der Waals surface area contributed by atoms with Crippen LogP contribution in [0.5, 0.6) is 0 Å². The van der Waals surface area contributed by atoms with Gasteiger partial charge in [-0.15, -0.1) is 0 Å². The normalized spacial score (nSPS) is 14.8. The van der Waals surface area contributed by atoms with E-state index in [2.05, 4.69) is 39.3 Å². The molecule has 0 saturated carbocycles. The van der Waals surface area contributed by atoms with Crippen molar-refractivity contribution in [2.45, 2.75) is 6.92 Å². The minimum Gasteiger partial charge on any atom is -0.451 e. The number of halogens is 1. The molecule has 0 atom stereocenters. The molecule has 1 aliphatic heterocycles. The number of pyridine rings is 1. The standard InChI is InChI=1S/C24H24ClN5O2/c1-16-22(30-11-3-4-19(25)23(30)26-16)27-24(31)21-10-9-20(32-21)17-5-7-18(8-6-17)29-14-12-28(2)13-15-29/h3-11H,12-15H2,1-2H3,(H,27,31). The van der Waals surface area contributed by atoms with Gasteiger partial charge in [0.2, 0.25) is 0 Å². The number of amides is 1. The molecular formula is C24H24ClN5O2. The van der Waals surface area contributed by atoms with Crippen LogP contribution in [-0.4, -0.2) is 53.4 Å². The van der Waals surface area contributed by atoms with Crippen molar-refractivity contribution in [3.05, 3.63) is 71.2 Å². The first kappa shape index (κ1) is 20.6. The highest BCUT2D eigenvalue weighted by atomic mass is 35.5. The summed E-state index contributed by atoms with van der Waals surface area (Å²) in [5, 5.41) is 3.42. The van der Waals surface area contributed by atoms with Crippen molar-refractivity contribution >= 4 is 34.7 Å². The molecule has 4 heterocycles. The minimum absolute atomic E-state index is 0.236. The number of hydrogen-bond acceptors (Lipinski definition) is 5. The fourth-order valence-corrected chi connectivity index (χ4v) is 4.19. The molecule has 0 bridgehead atoms. The maximum atomic E-state index is 12.8. The summed E-state index contributed by atoms with van der Waals surface area (Å²) in [4.78, 5) is 22.0. The Balaban J connectivity index is 1.32. The maximum absolute atomic E-state index is 12.8. The van der Waals surface area contributed by atoms with Gasteiger partial charge in [-0.2, -0.15) is 0 Å². The minimum atomic E-state index is -0.338. The Hall–Kier alpha value is -3.29. The van der Waals surface area contributed by atoms with Gasteiger partial charge < -0.3 is 19.5 Å². The van der Waals surface area contributed by atoms with Gasteiger partial charge in [0, 0.05) is 43.6 Å². The number of rotatable bonds is 4. The van der Waals surface area contributed by atoms with E-state index in [0.717, 1.165) is 31.7 Å². The SMILES string of the molecule is Cc1nc2c(Cl)cccn2c1NC(=O)c1ccc(-c2ccc(N3CCN(C)CC3)cc2)o1. The van der Waals surface area contributed by atoms with Crippen LogP contribution in [-0.2, 0) is 0 Å². The third kappa shape index (κ3) is 3.85. The Kier molecular flexibility index (Phi) is 5.36. The molecule has 1 N–H and O–H groups in total. The lowest BCUT2D eigenvalue weighted by Crippen LogP contribution is -2.44. The Labute approximate surface area is 191 Å². The zero-order valence-corrected chi connectivity index (χ0v) is 18.8. The number of furan rings is 1. The van der Waals surface area contributed by atoms with Crippen molar-refractivity contribution in [3.8, 4) is 11.3 Å². The first-order valence-corrected chi connectivity index (χ1v) is 11.0. The van der Waals surface area contributed by atoms with Crippen LogP contribution in [0.15, 0.2) is 59.1 Å². The molecule has 8 heteroatoms. The molecule has 0 spiro atoms. The lowest BCUT2D eigenvalue weighted by molar-refractivity contribution is 0.0997. The van der Waals surface area contributed by atoms with E-state index in [1.54, 1.807) is 16.5 Å². The summed E-state index contributed by atoms with van der Waals surface area (Å²) >= 11 is 6.21. The van der Waals surface area contributed by atoms with Gasteiger partial charge in [0.1, 0.15) is 11.6 Å². The van der Waals surface area contributed by atoms with E-state index in [-0.39, 0.29) is 11.7 Å². The fraction of sp³-hybridized carbons (Fsp3) is 0.250. The second-order valence-electron chi connectivity index (χ2n) is 8.05. The molecule has 1 saturated heterocycles. The van der Waals surface area contributed by atoms with E-state index in [4.69, 9.17) is 16.0 Å². The highest BCUT2D eigenvalue weighted by Gasteiger charge is 2.18. The van der Waals surface area contributed by atoms with Gasteiger partial charge in [-0.25, -0.2) is 4.98 Å². The predicted molar refractivity (Wildman–Crippen MR) is 127 cm³/mol. The highest BCUT2D eigenvalue weighted by Crippen LogP contribution is 2.27. The molecule has 164 valence electrons. The van der Waals surface area contributed by atoms with Gasteiger partial charge in [-0.1, -0.05) is 11.6 Å². The number of carbonyl (C=O) groups is 1. The van der Waals surface area contributed by atoms with Gasteiger partial charge in [0.15, 0.2) is 11.4 Å². The smallest absolute Gasteiger partial charge is 0.292 e. The second kappa shape index (κ2) is 8.33. The molecule has 0 unspecified atom stereocenters. The van der Waals surface area contributed by atoms with Crippen molar-refractivity contribution in [2.24, 2.45) is 0 Å². The number of benzene rings is 1. The zero-order valence-electron chi connectivity index (χ0n) is 18.0. The Morgan fingerprint density at radius 1 is 1.06 bits per heavy atom. The van der Waals surface area contributed by atoms with Crippen LogP contribution in [0.2, 0.25) is 5.02 Å². The van der Waals surface area contributed by atoms with Crippen molar-refractivity contribution in [1.29, 1.82) is 0 Å². The number of likely N-dealkylation sites (N-methyl/N-ethyl adjacent to an activating group) is 1. The number of aromatic nitrogens is 2. The average Bonchev–Trinajstić information content (AvgIpc) is 3.41.